The monoisotopic (exact) mass is 349 g/mol. The van der Waals surface area contributed by atoms with Gasteiger partial charge >= 0.3 is 0 Å². The number of aromatic amines is 1. The van der Waals surface area contributed by atoms with Crippen molar-refractivity contribution < 1.29 is 0 Å². The number of halogens is 1. The van der Waals surface area contributed by atoms with E-state index in [4.69, 9.17) is 0 Å². The number of nitrogens with zero attached hydrogens (tertiary/aromatic N) is 1. The van der Waals surface area contributed by atoms with Crippen LogP contribution in [0.5, 0.6) is 0 Å². The van der Waals surface area contributed by atoms with Crippen LogP contribution in [0.15, 0.2) is 21.4 Å². The number of anilines is 1. The Kier molecular flexibility index (Phi) is 4.52. The molecule has 5 heteroatoms. The third-order valence-electron chi connectivity index (χ3n) is 3.56. The molecule has 1 heterocycles. The van der Waals surface area contributed by atoms with Crippen LogP contribution in [-0.2, 0) is 0 Å². The van der Waals surface area contributed by atoms with Crippen molar-refractivity contribution in [3.05, 3.63) is 55.2 Å². The Balaban J connectivity index is 2.40. The predicted molar refractivity (Wildman–Crippen MR) is 90.0 cm³/mol. The lowest BCUT2D eigenvalue weighted by atomic mass is 10.0. The minimum atomic E-state index is -0.111. The SMILES string of the molecule is Cc1nc(C)c(C(C)Nc2c(C)cc(Br)cc2C)c(=O)[nH]1. The molecule has 1 atom stereocenters. The molecular weight excluding hydrogens is 330 g/mol. The van der Waals surface area contributed by atoms with Crippen LogP contribution in [0.25, 0.3) is 0 Å². The molecule has 112 valence electrons. The second-order valence-electron chi connectivity index (χ2n) is 5.43. The molecule has 4 nitrogen and oxygen atoms in total. The van der Waals surface area contributed by atoms with Crippen molar-refractivity contribution in [2.75, 3.05) is 5.32 Å². The van der Waals surface area contributed by atoms with E-state index < -0.39 is 0 Å². The first-order valence-electron chi connectivity index (χ1n) is 6.90. The summed E-state index contributed by atoms with van der Waals surface area (Å²) in [4.78, 5) is 19.3. The first-order valence-corrected chi connectivity index (χ1v) is 7.69. The summed E-state index contributed by atoms with van der Waals surface area (Å²) >= 11 is 3.50. The molecule has 0 aliphatic rings. The molecule has 21 heavy (non-hydrogen) atoms. The van der Waals surface area contributed by atoms with Crippen LogP contribution in [0, 0.1) is 27.7 Å². The summed E-state index contributed by atoms with van der Waals surface area (Å²) in [5.74, 6) is 0.643. The maximum Gasteiger partial charge on any atom is 0.256 e. The largest absolute Gasteiger partial charge is 0.378 e. The zero-order valence-corrected chi connectivity index (χ0v) is 14.6. The van der Waals surface area contributed by atoms with E-state index in [1.54, 1.807) is 6.92 Å². The van der Waals surface area contributed by atoms with E-state index in [2.05, 4.69) is 57.2 Å². The van der Waals surface area contributed by atoms with Gasteiger partial charge in [0.2, 0.25) is 0 Å². The third kappa shape index (κ3) is 3.35. The predicted octanol–water partition coefficient (Wildman–Crippen LogP) is 3.94. The molecule has 2 rings (SSSR count). The highest BCUT2D eigenvalue weighted by Gasteiger charge is 2.16. The molecule has 0 fully saturated rings. The van der Waals surface area contributed by atoms with Crippen molar-refractivity contribution in [2.24, 2.45) is 0 Å². The van der Waals surface area contributed by atoms with Crippen molar-refractivity contribution in [1.29, 1.82) is 0 Å². The van der Waals surface area contributed by atoms with Crippen molar-refractivity contribution in [1.82, 2.24) is 9.97 Å². The number of H-pyrrole nitrogens is 1. The number of aryl methyl sites for hydroxylation is 4. The van der Waals surface area contributed by atoms with Gasteiger partial charge in [0.25, 0.3) is 5.56 Å². The number of hydrogen-bond acceptors (Lipinski definition) is 3. The van der Waals surface area contributed by atoms with Crippen LogP contribution in [-0.4, -0.2) is 9.97 Å². The average Bonchev–Trinajstić information content (AvgIpc) is 2.32. The second kappa shape index (κ2) is 6.02. The Bertz CT molecular complexity index is 714. The fourth-order valence-corrected chi connectivity index (χ4v) is 3.36. The molecule has 2 N–H and O–H groups in total. The number of aromatic nitrogens is 2. The minimum absolute atomic E-state index is 0.0765. The lowest BCUT2D eigenvalue weighted by molar-refractivity contribution is 0.811. The average molecular weight is 350 g/mol. The van der Waals surface area contributed by atoms with Gasteiger partial charge in [-0.2, -0.15) is 0 Å². The van der Waals surface area contributed by atoms with Crippen LogP contribution >= 0.6 is 15.9 Å². The van der Waals surface area contributed by atoms with Crippen molar-refractivity contribution in [3.63, 3.8) is 0 Å². The van der Waals surface area contributed by atoms with Gasteiger partial charge in [-0.25, -0.2) is 4.98 Å². The molecule has 0 bridgehead atoms. The fourth-order valence-electron chi connectivity index (χ4n) is 2.67. The van der Waals surface area contributed by atoms with E-state index in [9.17, 15) is 4.79 Å². The molecule has 2 aromatic rings. The normalized spacial score (nSPS) is 12.3. The zero-order chi connectivity index (χ0) is 15.7. The summed E-state index contributed by atoms with van der Waals surface area (Å²) in [6.45, 7) is 9.75. The van der Waals surface area contributed by atoms with Gasteiger partial charge in [0, 0.05) is 10.2 Å². The lowest BCUT2D eigenvalue weighted by Gasteiger charge is -2.20. The topological polar surface area (TPSA) is 57.8 Å². The number of hydrogen-bond donors (Lipinski definition) is 2. The molecule has 0 aliphatic heterocycles. The fraction of sp³-hybridized carbons (Fsp3) is 0.375. The van der Waals surface area contributed by atoms with E-state index in [-0.39, 0.29) is 11.6 Å². The summed E-state index contributed by atoms with van der Waals surface area (Å²) in [6, 6.07) is 4.01. The van der Waals surface area contributed by atoms with Crippen molar-refractivity contribution in [3.8, 4) is 0 Å². The van der Waals surface area contributed by atoms with Crippen LogP contribution < -0.4 is 10.9 Å². The molecule has 0 saturated heterocycles. The van der Waals surface area contributed by atoms with Gasteiger partial charge < -0.3 is 10.3 Å². The van der Waals surface area contributed by atoms with Gasteiger partial charge in [0.15, 0.2) is 0 Å². The molecule has 0 amide bonds. The number of rotatable bonds is 3. The van der Waals surface area contributed by atoms with Gasteiger partial charge in [-0.3, -0.25) is 4.79 Å². The molecule has 0 aliphatic carbocycles. The van der Waals surface area contributed by atoms with Crippen LogP contribution in [0.1, 0.15) is 41.2 Å². The summed E-state index contributed by atoms with van der Waals surface area (Å²) in [5, 5.41) is 3.44. The van der Waals surface area contributed by atoms with E-state index in [1.165, 1.54) is 0 Å². The van der Waals surface area contributed by atoms with Crippen LogP contribution in [0.4, 0.5) is 5.69 Å². The van der Waals surface area contributed by atoms with Crippen molar-refractivity contribution >= 4 is 21.6 Å². The molecule has 1 aromatic carbocycles. The maximum atomic E-state index is 12.2. The highest BCUT2D eigenvalue weighted by molar-refractivity contribution is 9.10. The molecule has 0 saturated carbocycles. The molecule has 0 radical (unpaired) electrons. The smallest absolute Gasteiger partial charge is 0.256 e. The summed E-state index contributed by atoms with van der Waals surface area (Å²) in [6.07, 6.45) is 0. The Morgan fingerprint density at radius 3 is 2.29 bits per heavy atom. The zero-order valence-electron chi connectivity index (χ0n) is 13.0. The van der Waals surface area contributed by atoms with Gasteiger partial charge in [-0.05, 0) is 57.9 Å². The number of benzene rings is 1. The highest BCUT2D eigenvalue weighted by Crippen LogP contribution is 2.28. The van der Waals surface area contributed by atoms with E-state index in [1.807, 2.05) is 13.8 Å². The molecule has 1 unspecified atom stereocenters. The summed E-state index contributed by atoms with van der Waals surface area (Å²) < 4.78 is 1.06. The first kappa shape index (κ1) is 15.8. The van der Waals surface area contributed by atoms with E-state index in [0.717, 1.165) is 27.0 Å². The molecule has 0 spiro atoms. The lowest BCUT2D eigenvalue weighted by Crippen LogP contribution is -2.23. The Morgan fingerprint density at radius 1 is 1.19 bits per heavy atom. The van der Waals surface area contributed by atoms with Gasteiger partial charge in [-0.1, -0.05) is 15.9 Å². The van der Waals surface area contributed by atoms with Crippen molar-refractivity contribution in [2.45, 2.75) is 40.7 Å². The van der Waals surface area contributed by atoms with E-state index in [0.29, 0.717) is 11.4 Å². The Morgan fingerprint density at radius 2 is 1.76 bits per heavy atom. The van der Waals surface area contributed by atoms with Crippen LogP contribution in [0.2, 0.25) is 0 Å². The Labute approximate surface area is 133 Å². The molecule has 1 aromatic heterocycles. The summed E-state index contributed by atoms with van der Waals surface area (Å²) in [7, 11) is 0. The summed E-state index contributed by atoms with van der Waals surface area (Å²) in [5.41, 5.74) is 4.72. The van der Waals surface area contributed by atoms with E-state index >= 15 is 0 Å². The molecular formula is C16H20BrN3O. The van der Waals surface area contributed by atoms with Crippen LogP contribution in [0.3, 0.4) is 0 Å². The van der Waals surface area contributed by atoms with Gasteiger partial charge in [0.05, 0.1) is 17.3 Å². The third-order valence-corrected chi connectivity index (χ3v) is 4.01. The first-order chi connectivity index (χ1) is 9.79. The minimum Gasteiger partial charge on any atom is -0.378 e. The highest BCUT2D eigenvalue weighted by atomic mass is 79.9. The quantitative estimate of drug-likeness (QED) is 0.882. The Hall–Kier alpha value is -1.62. The number of nitrogens with one attached hydrogen (secondary N) is 2. The van der Waals surface area contributed by atoms with Gasteiger partial charge in [0.1, 0.15) is 5.82 Å². The maximum absolute atomic E-state index is 12.2. The second-order valence-corrected chi connectivity index (χ2v) is 6.35. The standard InChI is InChI=1S/C16H20BrN3O/c1-8-6-13(17)7-9(2)15(8)19-11(4)14-10(3)18-12(5)20-16(14)21/h6-7,11,19H,1-5H3,(H,18,20,21). The van der Waals surface area contributed by atoms with Gasteiger partial charge in [-0.15, -0.1) is 0 Å².